The van der Waals surface area contributed by atoms with Crippen LogP contribution in [0.5, 0.6) is 5.88 Å². The topological polar surface area (TPSA) is 43.4 Å². The summed E-state index contributed by atoms with van der Waals surface area (Å²) in [4.78, 5) is 4.14. The van der Waals surface area contributed by atoms with E-state index < -0.39 is 0 Å². The van der Waals surface area contributed by atoms with E-state index in [-0.39, 0.29) is 5.82 Å². The van der Waals surface area contributed by atoms with Gasteiger partial charge in [0.2, 0.25) is 5.88 Å². The Kier molecular flexibility index (Phi) is 5.78. The molecule has 0 saturated heterocycles. The molecule has 0 amide bonds. The molecule has 112 valence electrons. The minimum absolute atomic E-state index is 0.292. The lowest BCUT2D eigenvalue weighted by Crippen LogP contribution is -2.06. The van der Waals surface area contributed by atoms with Crippen LogP contribution in [0.15, 0.2) is 36.5 Å². The summed E-state index contributed by atoms with van der Waals surface area (Å²) in [5, 5.41) is 3.59. The van der Waals surface area contributed by atoms with E-state index in [0.717, 1.165) is 5.69 Å². The maximum Gasteiger partial charge on any atom is 0.213 e. The van der Waals surface area contributed by atoms with Gasteiger partial charge in [-0.25, -0.2) is 9.37 Å². The molecule has 0 saturated carbocycles. The summed E-state index contributed by atoms with van der Waals surface area (Å²) in [6, 6.07) is 8.03. The average Bonchev–Trinajstić information content (AvgIpc) is 2.50. The summed E-state index contributed by atoms with van der Waals surface area (Å²) in [5.41, 5.74) is 1.27. The van der Waals surface area contributed by atoms with Crippen molar-refractivity contribution in [2.45, 2.75) is 6.54 Å². The van der Waals surface area contributed by atoms with Crippen molar-refractivity contribution in [2.24, 2.45) is 0 Å². The SMILES string of the molecule is COCCOc1ccc(NCc2cc(Cl)ccc2F)cn1. The van der Waals surface area contributed by atoms with Gasteiger partial charge in [-0.05, 0) is 24.3 Å². The number of methoxy groups -OCH3 is 1. The van der Waals surface area contributed by atoms with Gasteiger partial charge in [0.1, 0.15) is 12.4 Å². The van der Waals surface area contributed by atoms with Crippen molar-refractivity contribution in [3.8, 4) is 5.88 Å². The van der Waals surface area contributed by atoms with Crippen LogP contribution in [0.2, 0.25) is 5.02 Å². The highest BCUT2D eigenvalue weighted by molar-refractivity contribution is 6.30. The monoisotopic (exact) mass is 310 g/mol. The Balaban J connectivity index is 1.90. The fraction of sp³-hybridized carbons (Fsp3) is 0.267. The van der Waals surface area contributed by atoms with Crippen LogP contribution in [0.25, 0.3) is 0 Å². The molecule has 0 fully saturated rings. The van der Waals surface area contributed by atoms with Crippen molar-refractivity contribution in [2.75, 3.05) is 25.6 Å². The summed E-state index contributed by atoms with van der Waals surface area (Å²) in [6.07, 6.45) is 1.63. The quantitative estimate of drug-likeness (QED) is 0.795. The molecule has 1 heterocycles. The van der Waals surface area contributed by atoms with Gasteiger partial charge in [-0.3, -0.25) is 0 Å². The van der Waals surface area contributed by atoms with E-state index in [1.54, 1.807) is 25.4 Å². The van der Waals surface area contributed by atoms with Crippen molar-refractivity contribution >= 4 is 17.3 Å². The minimum Gasteiger partial charge on any atom is -0.475 e. The fourth-order valence-corrected chi connectivity index (χ4v) is 1.87. The van der Waals surface area contributed by atoms with E-state index in [1.807, 2.05) is 6.07 Å². The molecule has 0 bridgehead atoms. The van der Waals surface area contributed by atoms with Crippen molar-refractivity contribution < 1.29 is 13.9 Å². The molecular formula is C15H16ClFN2O2. The smallest absolute Gasteiger partial charge is 0.213 e. The summed E-state index contributed by atoms with van der Waals surface area (Å²) in [5.74, 6) is 0.228. The Labute approximate surface area is 127 Å². The van der Waals surface area contributed by atoms with Crippen LogP contribution in [0.1, 0.15) is 5.56 Å². The lowest BCUT2D eigenvalue weighted by atomic mass is 10.2. The van der Waals surface area contributed by atoms with Crippen molar-refractivity contribution in [1.82, 2.24) is 4.98 Å². The molecule has 2 rings (SSSR count). The number of rotatable bonds is 7. The van der Waals surface area contributed by atoms with E-state index in [0.29, 0.717) is 36.2 Å². The van der Waals surface area contributed by atoms with Gasteiger partial charge < -0.3 is 14.8 Å². The molecule has 0 spiro atoms. The molecule has 0 atom stereocenters. The van der Waals surface area contributed by atoms with Gasteiger partial charge in [-0.1, -0.05) is 11.6 Å². The van der Waals surface area contributed by atoms with Crippen LogP contribution >= 0.6 is 11.6 Å². The summed E-state index contributed by atoms with van der Waals surface area (Å²) >= 11 is 5.85. The highest BCUT2D eigenvalue weighted by Crippen LogP contribution is 2.17. The number of hydrogen-bond donors (Lipinski definition) is 1. The van der Waals surface area contributed by atoms with E-state index >= 15 is 0 Å². The first-order valence-electron chi connectivity index (χ1n) is 6.44. The third-order valence-corrected chi connectivity index (χ3v) is 3.00. The largest absolute Gasteiger partial charge is 0.475 e. The average molecular weight is 311 g/mol. The zero-order valence-electron chi connectivity index (χ0n) is 11.6. The highest BCUT2D eigenvalue weighted by Gasteiger charge is 2.03. The Bertz CT molecular complexity index is 578. The first-order valence-corrected chi connectivity index (χ1v) is 6.82. The minimum atomic E-state index is -0.292. The normalized spacial score (nSPS) is 10.4. The first-order chi connectivity index (χ1) is 10.2. The number of halogens is 2. The second-order valence-electron chi connectivity index (χ2n) is 4.32. The van der Waals surface area contributed by atoms with Crippen LogP contribution < -0.4 is 10.1 Å². The van der Waals surface area contributed by atoms with Crippen LogP contribution in [0.4, 0.5) is 10.1 Å². The Morgan fingerprint density at radius 1 is 1.24 bits per heavy atom. The molecule has 2 aromatic rings. The predicted octanol–water partition coefficient (Wildman–Crippen LogP) is 3.51. The standard InChI is InChI=1S/C15H16ClFN2O2/c1-20-6-7-21-15-5-3-13(10-19-15)18-9-11-8-12(16)2-4-14(11)17/h2-5,8,10,18H,6-7,9H2,1H3. The van der Waals surface area contributed by atoms with Gasteiger partial charge in [0.05, 0.1) is 18.5 Å². The second-order valence-corrected chi connectivity index (χ2v) is 4.75. The van der Waals surface area contributed by atoms with E-state index in [9.17, 15) is 4.39 Å². The number of nitrogens with one attached hydrogen (secondary N) is 1. The van der Waals surface area contributed by atoms with Gasteiger partial charge in [0.25, 0.3) is 0 Å². The summed E-state index contributed by atoms with van der Waals surface area (Å²) in [7, 11) is 1.61. The zero-order valence-corrected chi connectivity index (χ0v) is 12.4. The van der Waals surface area contributed by atoms with Crippen molar-refractivity contribution in [3.05, 3.63) is 52.9 Å². The second kappa shape index (κ2) is 7.81. The molecule has 1 aromatic heterocycles. The first kappa shape index (κ1) is 15.5. The van der Waals surface area contributed by atoms with Gasteiger partial charge in [0, 0.05) is 30.3 Å². The lowest BCUT2D eigenvalue weighted by molar-refractivity contribution is 0.144. The van der Waals surface area contributed by atoms with Gasteiger partial charge in [0.15, 0.2) is 0 Å². The maximum atomic E-state index is 13.6. The third-order valence-electron chi connectivity index (χ3n) is 2.76. The van der Waals surface area contributed by atoms with E-state index in [2.05, 4.69) is 10.3 Å². The van der Waals surface area contributed by atoms with Gasteiger partial charge in [-0.15, -0.1) is 0 Å². The van der Waals surface area contributed by atoms with Crippen molar-refractivity contribution in [3.63, 3.8) is 0 Å². The van der Waals surface area contributed by atoms with Gasteiger partial charge >= 0.3 is 0 Å². The Hall–Kier alpha value is -1.85. The molecule has 0 aliphatic carbocycles. The molecule has 0 aliphatic heterocycles. The number of anilines is 1. The Morgan fingerprint density at radius 2 is 2.10 bits per heavy atom. The number of pyridine rings is 1. The summed E-state index contributed by atoms with van der Waals surface area (Å²) < 4.78 is 23.8. The highest BCUT2D eigenvalue weighted by atomic mass is 35.5. The molecule has 1 aromatic carbocycles. The van der Waals surface area contributed by atoms with Gasteiger partial charge in [-0.2, -0.15) is 0 Å². The van der Waals surface area contributed by atoms with E-state index in [4.69, 9.17) is 21.1 Å². The zero-order chi connectivity index (χ0) is 15.1. The number of ether oxygens (including phenoxy) is 2. The molecule has 4 nitrogen and oxygen atoms in total. The molecule has 21 heavy (non-hydrogen) atoms. The molecule has 0 unspecified atom stereocenters. The van der Waals surface area contributed by atoms with Crippen LogP contribution in [0.3, 0.4) is 0 Å². The molecule has 1 N–H and O–H groups in total. The third kappa shape index (κ3) is 4.88. The van der Waals surface area contributed by atoms with E-state index in [1.165, 1.54) is 12.1 Å². The lowest BCUT2D eigenvalue weighted by Gasteiger charge is -2.09. The van der Waals surface area contributed by atoms with Crippen LogP contribution in [0, 0.1) is 5.82 Å². The molecule has 6 heteroatoms. The number of hydrogen-bond acceptors (Lipinski definition) is 4. The fourth-order valence-electron chi connectivity index (χ4n) is 1.68. The Morgan fingerprint density at radius 3 is 2.81 bits per heavy atom. The summed E-state index contributed by atoms with van der Waals surface area (Å²) in [6.45, 7) is 1.29. The molecular weight excluding hydrogens is 295 g/mol. The maximum absolute atomic E-state index is 13.6. The molecule has 0 radical (unpaired) electrons. The predicted molar refractivity (Wildman–Crippen MR) is 80.3 cm³/mol. The number of aromatic nitrogens is 1. The number of nitrogens with zero attached hydrogens (tertiary/aromatic N) is 1. The molecule has 0 aliphatic rings. The van der Waals surface area contributed by atoms with Crippen molar-refractivity contribution in [1.29, 1.82) is 0 Å². The van der Waals surface area contributed by atoms with Crippen LogP contribution in [-0.4, -0.2) is 25.3 Å². The number of benzene rings is 1. The van der Waals surface area contributed by atoms with Crippen LogP contribution in [-0.2, 0) is 11.3 Å².